The number of rotatable bonds is 18. The van der Waals surface area contributed by atoms with Crippen LogP contribution in [0.4, 0.5) is 0 Å². The monoisotopic (exact) mass is 460 g/mol. The Bertz CT molecular complexity index is 480. The van der Waals surface area contributed by atoms with Gasteiger partial charge in [-0.15, -0.1) is 0 Å². The van der Waals surface area contributed by atoms with Crippen molar-refractivity contribution in [1.82, 2.24) is 0 Å². The minimum atomic E-state index is -0.941. The molecule has 6 atom stereocenters. The average Bonchev–Trinajstić information content (AvgIpc) is 3.62. The first-order chi connectivity index (χ1) is 15.3. The van der Waals surface area contributed by atoms with Crippen LogP contribution in [-0.4, -0.2) is 69.0 Å². The van der Waals surface area contributed by atoms with Crippen molar-refractivity contribution >= 4 is 11.9 Å². The smallest absolute Gasteiger partial charge is 0.305 e. The van der Waals surface area contributed by atoms with Crippen molar-refractivity contribution in [3.63, 3.8) is 0 Å². The van der Waals surface area contributed by atoms with Crippen LogP contribution >= 0.6 is 0 Å². The number of aliphatic carboxylic acids is 2. The maximum atomic E-state index is 10.3. The quantitative estimate of drug-likeness (QED) is 0.178. The van der Waals surface area contributed by atoms with E-state index in [0.717, 1.165) is 25.7 Å². The van der Waals surface area contributed by atoms with Gasteiger partial charge < -0.3 is 29.9 Å². The van der Waals surface area contributed by atoms with Crippen LogP contribution in [0.5, 0.6) is 0 Å². The van der Waals surface area contributed by atoms with Gasteiger partial charge in [0.2, 0.25) is 0 Å². The highest BCUT2D eigenvalue weighted by molar-refractivity contribution is 5.67. The third-order valence-corrected chi connectivity index (χ3v) is 5.95. The van der Waals surface area contributed by atoms with E-state index in [9.17, 15) is 19.8 Å². The van der Waals surface area contributed by atoms with Crippen molar-refractivity contribution in [2.45, 2.75) is 140 Å². The van der Waals surface area contributed by atoms with E-state index in [1.807, 2.05) is 0 Å². The summed E-state index contributed by atoms with van der Waals surface area (Å²) >= 11 is 0. The van der Waals surface area contributed by atoms with E-state index in [1.165, 1.54) is 38.5 Å². The average molecular weight is 461 g/mol. The second-order valence-electron chi connectivity index (χ2n) is 9.08. The highest BCUT2D eigenvalue weighted by Crippen LogP contribution is 2.32. The Labute approximate surface area is 192 Å². The van der Waals surface area contributed by atoms with Crippen molar-refractivity contribution in [3.8, 4) is 0 Å². The topological polar surface area (TPSA) is 140 Å². The molecule has 2 saturated heterocycles. The molecule has 4 N–H and O–H groups in total. The SMILES string of the molecule is CCCCCC1OC1CCC(O)CC(=O)O.CCCCCC1OC1CCC(O)CC(=O)O. The molecule has 2 heterocycles. The summed E-state index contributed by atoms with van der Waals surface area (Å²) in [7, 11) is 0. The molecule has 0 aliphatic carbocycles. The van der Waals surface area contributed by atoms with Crippen molar-refractivity contribution in [2.24, 2.45) is 0 Å². The highest BCUT2D eigenvalue weighted by atomic mass is 16.6. The number of carboxylic acid groups (broad SMARTS) is 2. The Hall–Kier alpha value is -1.22. The molecule has 0 radical (unpaired) electrons. The minimum Gasteiger partial charge on any atom is -0.481 e. The summed E-state index contributed by atoms with van der Waals surface area (Å²) in [6.07, 6.45) is 11.7. The fourth-order valence-corrected chi connectivity index (χ4v) is 3.89. The number of ether oxygens (including phenoxy) is 2. The van der Waals surface area contributed by atoms with E-state index in [-0.39, 0.29) is 25.0 Å². The molecular weight excluding hydrogens is 416 g/mol. The van der Waals surface area contributed by atoms with E-state index in [2.05, 4.69) is 13.8 Å². The molecule has 8 nitrogen and oxygen atoms in total. The number of unbranched alkanes of at least 4 members (excludes halogenated alkanes) is 4. The summed E-state index contributed by atoms with van der Waals surface area (Å²) in [6.45, 7) is 4.35. The molecule has 0 amide bonds. The van der Waals surface area contributed by atoms with Crippen LogP contribution in [0, 0.1) is 0 Å². The molecule has 8 heteroatoms. The van der Waals surface area contributed by atoms with Crippen LogP contribution in [0.3, 0.4) is 0 Å². The summed E-state index contributed by atoms with van der Waals surface area (Å²) in [6, 6.07) is 0. The van der Waals surface area contributed by atoms with Gasteiger partial charge in [0.1, 0.15) is 0 Å². The zero-order chi connectivity index (χ0) is 23.9. The van der Waals surface area contributed by atoms with Crippen LogP contribution < -0.4 is 0 Å². The molecular formula is C24H44O8. The van der Waals surface area contributed by atoms with Crippen LogP contribution in [0.15, 0.2) is 0 Å². The molecule has 0 saturated carbocycles. The molecule has 0 aromatic rings. The second-order valence-corrected chi connectivity index (χ2v) is 9.08. The fourth-order valence-electron chi connectivity index (χ4n) is 3.89. The van der Waals surface area contributed by atoms with Crippen molar-refractivity contribution < 1.29 is 39.5 Å². The first-order valence-corrected chi connectivity index (χ1v) is 12.4. The lowest BCUT2D eigenvalue weighted by molar-refractivity contribution is -0.140. The zero-order valence-electron chi connectivity index (χ0n) is 19.8. The third-order valence-electron chi connectivity index (χ3n) is 5.95. The van der Waals surface area contributed by atoms with Gasteiger partial charge in [0, 0.05) is 0 Å². The van der Waals surface area contributed by atoms with Crippen LogP contribution in [0.25, 0.3) is 0 Å². The molecule has 188 valence electrons. The lowest BCUT2D eigenvalue weighted by Gasteiger charge is -2.05. The first-order valence-electron chi connectivity index (χ1n) is 12.4. The number of carboxylic acids is 2. The fraction of sp³-hybridized carbons (Fsp3) is 0.917. The normalized spacial score (nSPS) is 25.4. The summed E-state index contributed by atoms with van der Waals surface area (Å²) < 4.78 is 10.9. The standard InChI is InChI=1S/2C12H22O4/c2*1-2-3-4-5-10-11(16-10)7-6-9(13)8-12(14)15/h2*9-11,13H,2-8H2,1H3,(H,14,15). The molecule has 0 spiro atoms. The molecule has 2 aliphatic heterocycles. The van der Waals surface area contributed by atoms with Crippen LogP contribution in [0.2, 0.25) is 0 Å². The molecule has 6 unspecified atom stereocenters. The Morgan fingerprint density at radius 2 is 1.00 bits per heavy atom. The van der Waals surface area contributed by atoms with E-state index in [1.54, 1.807) is 0 Å². The summed E-state index contributed by atoms with van der Waals surface area (Å²) in [5.74, 6) is -1.88. The van der Waals surface area contributed by atoms with Gasteiger partial charge in [-0.3, -0.25) is 9.59 Å². The molecule has 32 heavy (non-hydrogen) atoms. The lowest BCUT2D eigenvalue weighted by Crippen LogP contribution is -2.13. The van der Waals surface area contributed by atoms with Crippen molar-refractivity contribution in [3.05, 3.63) is 0 Å². The predicted octanol–water partition coefficient (Wildman–Crippen LogP) is 3.90. The molecule has 0 aromatic carbocycles. The molecule has 0 aromatic heterocycles. The highest BCUT2D eigenvalue weighted by Gasteiger charge is 2.38. The van der Waals surface area contributed by atoms with Gasteiger partial charge in [-0.1, -0.05) is 52.4 Å². The van der Waals surface area contributed by atoms with Crippen LogP contribution in [0.1, 0.15) is 104 Å². The van der Waals surface area contributed by atoms with E-state index < -0.39 is 24.1 Å². The van der Waals surface area contributed by atoms with E-state index in [0.29, 0.717) is 25.0 Å². The van der Waals surface area contributed by atoms with Gasteiger partial charge in [0.05, 0.1) is 49.5 Å². The third kappa shape index (κ3) is 14.8. The molecule has 2 rings (SSSR count). The van der Waals surface area contributed by atoms with Gasteiger partial charge in [-0.2, -0.15) is 0 Å². The van der Waals surface area contributed by atoms with Gasteiger partial charge in [0.25, 0.3) is 0 Å². The predicted molar refractivity (Wildman–Crippen MR) is 121 cm³/mol. The largest absolute Gasteiger partial charge is 0.481 e. The number of aliphatic hydroxyl groups is 2. The molecule has 0 bridgehead atoms. The Kier molecular flexibility index (Phi) is 14.8. The van der Waals surface area contributed by atoms with E-state index in [4.69, 9.17) is 19.7 Å². The van der Waals surface area contributed by atoms with E-state index >= 15 is 0 Å². The summed E-state index contributed by atoms with van der Waals surface area (Å²) in [5, 5.41) is 35.7. The summed E-state index contributed by atoms with van der Waals surface area (Å²) in [4.78, 5) is 20.6. The Morgan fingerprint density at radius 1 is 0.656 bits per heavy atom. The zero-order valence-corrected chi connectivity index (χ0v) is 19.8. The van der Waals surface area contributed by atoms with Crippen molar-refractivity contribution in [2.75, 3.05) is 0 Å². The van der Waals surface area contributed by atoms with Crippen molar-refractivity contribution in [1.29, 1.82) is 0 Å². The number of hydrogen-bond acceptors (Lipinski definition) is 6. The lowest BCUT2D eigenvalue weighted by atomic mass is 10.1. The number of epoxide rings is 2. The maximum Gasteiger partial charge on any atom is 0.305 e. The number of carbonyl (C=O) groups is 2. The Balaban J connectivity index is 0.000000320. The maximum absolute atomic E-state index is 10.3. The number of hydrogen-bond donors (Lipinski definition) is 4. The van der Waals surface area contributed by atoms with Gasteiger partial charge in [-0.25, -0.2) is 0 Å². The minimum absolute atomic E-state index is 0.160. The second kappa shape index (κ2) is 16.4. The number of aliphatic hydroxyl groups excluding tert-OH is 2. The van der Waals surface area contributed by atoms with Gasteiger partial charge in [-0.05, 0) is 38.5 Å². The summed E-state index contributed by atoms with van der Waals surface area (Å²) in [5.41, 5.74) is 0. The first kappa shape index (κ1) is 28.8. The Morgan fingerprint density at radius 3 is 1.31 bits per heavy atom. The molecule has 2 fully saturated rings. The van der Waals surface area contributed by atoms with Gasteiger partial charge in [0.15, 0.2) is 0 Å². The molecule has 2 aliphatic rings. The van der Waals surface area contributed by atoms with Gasteiger partial charge >= 0.3 is 11.9 Å². The van der Waals surface area contributed by atoms with Crippen LogP contribution in [-0.2, 0) is 19.1 Å².